The van der Waals surface area contributed by atoms with Crippen LogP contribution in [0.1, 0.15) is 39.0 Å². The number of carbonyl (C=O) groups is 1. The Hall–Kier alpha value is -0.610. The van der Waals surface area contributed by atoms with Gasteiger partial charge in [0.25, 0.3) is 0 Å². The SMILES string of the molecule is CC1(CNC(=O)CC2CCCNC2)CCCO1. The normalized spacial score (nSPS) is 33.6. The van der Waals surface area contributed by atoms with Crippen molar-refractivity contribution in [1.82, 2.24) is 10.6 Å². The largest absolute Gasteiger partial charge is 0.373 e. The van der Waals surface area contributed by atoms with Gasteiger partial charge in [-0.05, 0) is 51.6 Å². The Kier molecular flexibility index (Phi) is 4.40. The predicted molar refractivity (Wildman–Crippen MR) is 66.8 cm³/mol. The van der Waals surface area contributed by atoms with Gasteiger partial charge in [-0.15, -0.1) is 0 Å². The second-order valence-corrected chi connectivity index (χ2v) is 5.60. The molecule has 2 saturated heterocycles. The van der Waals surface area contributed by atoms with E-state index in [1.807, 2.05) is 0 Å². The highest BCUT2D eigenvalue weighted by atomic mass is 16.5. The third-order valence-electron chi connectivity index (χ3n) is 3.83. The van der Waals surface area contributed by atoms with Gasteiger partial charge in [0, 0.05) is 19.6 Å². The number of nitrogens with one attached hydrogen (secondary N) is 2. The quantitative estimate of drug-likeness (QED) is 0.772. The fraction of sp³-hybridized carbons (Fsp3) is 0.923. The third kappa shape index (κ3) is 3.96. The molecule has 0 aliphatic carbocycles. The van der Waals surface area contributed by atoms with E-state index in [2.05, 4.69) is 17.6 Å². The monoisotopic (exact) mass is 240 g/mol. The Morgan fingerprint density at radius 1 is 1.53 bits per heavy atom. The molecule has 2 unspecified atom stereocenters. The van der Waals surface area contributed by atoms with Gasteiger partial charge < -0.3 is 15.4 Å². The molecule has 2 N–H and O–H groups in total. The lowest BCUT2D eigenvalue weighted by molar-refractivity contribution is -0.123. The van der Waals surface area contributed by atoms with Crippen LogP contribution < -0.4 is 10.6 Å². The summed E-state index contributed by atoms with van der Waals surface area (Å²) in [7, 11) is 0. The topological polar surface area (TPSA) is 50.4 Å². The Morgan fingerprint density at radius 3 is 3.06 bits per heavy atom. The molecule has 0 spiro atoms. The van der Waals surface area contributed by atoms with Gasteiger partial charge in [0.2, 0.25) is 5.91 Å². The summed E-state index contributed by atoms with van der Waals surface area (Å²) >= 11 is 0. The van der Waals surface area contributed by atoms with E-state index in [4.69, 9.17) is 4.74 Å². The lowest BCUT2D eigenvalue weighted by atomic mass is 9.95. The van der Waals surface area contributed by atoms with Crippen molar-refractivity contribution in [3.63, 3.8) is 0 Å². The molecule has 2 heterocycles. The minimum atomic E-state index is -0.125. The molecule has 2 aliphatic heterocycles. The van der Waals surface area contributed by atoms with Crippen molar-refractivity contribution < 1.29 is 9.53 Å². The number of hydrogen-bond donors (Lipinski definition) is 2. The van der Waals surface area contributed by atoms with Crippen molar-refractivity contribution in [2.24, 2.45) is 5.92 Å². The summed E-state index contributed by atoms with van der Waals surface area (Å²) in [6, 6.07) is 0. The molecule has 0 aromatic heterocycles. The average molecular weight is 240 g/mol. The van der Waals surface area contributed by atoms with Crippen molar-refractivity contribution in [3.05, 3.63) is 0 Å². The van der Waals surface area contributed by atoms with Gasteiger partial charge in [0.15, 0.2) is 0 Å². The predicted octanol–water partition coefficient (Wildman–Crippen LogP) is 1.06. The van der Waals surface area contributed by atoms with Gasteiger partial charge in [0.05, 0.1) is 5.60 Å². The molecule has 1 amide bonds. The van der Waals surface area contributed by atoms with E-state index in [0.29, 0.717) is 18.9 Å². The van der Waals surface area contributed by atoms with Crippen LogP contribution in [0.3, 0.4) is 0 Å². The second-order valence-electron chi connectivity index (χ2n) is 5.60. The molecular weight excluding hydrogens is 216 g/mol. The maximum atomic E-state index is 11.8. The fourth-order valence-electron chi connectivity index (χ4n) is 2.69. The van der Waals surface area contributed by atoms with Gasteiger partial charge in [-0.2, -0.15) is 0 Å². The van der Waals surface area contributed by atoms with Crippen molar-refractivity contribution in [2.45, 2.75) is 44.6 Å². The minimum Gasteiger partial charge on any atom is -0.373 e. The summed E-state index contributed by atoms with van der Waals surface area (Å²) in [4.78, 5) is 11.8. The average Bonchev–Trinajstić information content (AvgIpc) is 2.76. The van der Waals surface area contributed by atoms with Crippen molar-refractivity contribution in [3.8, 4) is 0 Å². The standard InChI is InChI=1S/C13H24N2O2/c1-13(5-3-7-17-13)10-15-12(16)8-11-4-2-6-14-9-11/h11,14H,2-10H2,1H3,(H,15,16). The molecular formula is C13H24N2O2. The van der Waals surface area contributed by atoms with Gasteiger partial charge in [-0.3, -0.25) is 4.79 Å². The first-order valence-corrected chi connectivity index (χ1v) is 6.79. The molecule has 0 saturated carbocycles. The van der Waals surface area contributed by atoms with E-state index in [-0.39, 0.29) is 11.5 Å². The molecule has 2 atom stereocenters. The molecule has 4 heteroatoms. The van der Waals surface area contributed by atoms with E-state index in [0.717, 1.165) is 32.5 Å². The lowest BCUT2D eigenvalue weighted by Crippen LogP contribution is -2.41. The van der Waals surface area contributed by atoms with Gasteiger partial charge in [0.1, 0.15) is 0 Å². The number of hydrogen-bond acceptors (Lipinski definition) is 3. The molecule has 2 rings (SSSR count). The summed E-state index contributed by atoms with van der Waals surface area (Å²) < 4.78 is 5.65. The van der Waals surface area contributed by atoms with Crippen LogP contribution in [0.4, 0.5) is 0 Å². The lowest BCUT2D eigenvalue weighted by Gasteiger charge is -2.25. The van der Waals surface area contributed by atoms with Crippen LogP contribution in [-0.2, 0) is 9.53 Å². The van der Waals surface area contributed by atoms with Crippen molar-refractivity contribution in [2.75, 3.05) is 26.2 Å². The van der Waals surface area contributed by atoms with E-state index in [1.54, 1.807) is 0 Å². The molecule has 98 valence electrons. The molecule has 0 radical (unpaired) electrons. The Labute approximate surface area is 103 Å². The van der Waals surface area contributed by atoms with E-state index < -0.39 is 0 Å². The summed E-state index contributed by atoms with van der Waals surface area (Å²) in [5.41, 5.74) is -0.125. The first kappa shape index (κ1) is 12.8. The first-order chi connectivity index (χ1) is 8.18. The van der Waals surface area contributed by atoms with Gasteiger partial charge in [-0.25, -0.2) is 0 Å². The maximum Gasteiger partial charge on any atom is 0.220 e. The number of piperidine rings is 1. The summed E-state index contributed by atoms with van der Waals surface area (Å²) in [6.07, 6.45) is 5.19. The van der Waals surface area contributed by atoms with Crippen LogP contribution in [0.25, 0.3) is 0 Å². The smallest absolute Gasteiger partial charge is 0.220 e. The van der Waals surface area contributed by atoms with Crippen molar-refractivity contribution in [1.29, 1.82) is 0 Å². The highest BCUT2D eigenvalue weighted by Crippen LogP contribution is 2.24. The van der Waals surface area contributed by atoms with Crippen LogP contribution in [-0.4, -0.2) is 37.7 Å². The molecule has 17 heavy (non-hydrogen) atoms. The van der Waals surface area contributed by atoms with E-state index in [9.17, 15) is 4.79 Å². The van der Waals surface area contributed by atoms with Crippen LogP contribution in [0, 0.1) is 5.92 Å². The minimum absolute atomic E-state index is 0.125. The molecule has 0 aromatic rings. The molecule has 0 aromatic carbocycles. The highest BCUT2D eigenvalue weighted by Gasteiger charge is 2.30. The fourth-order valence-corrected chi connectivity index (χ4v) is 2.69. The summed E-state index contributed by atoms with van der Waals surface area (Å²) in [5.74, 6) is 0.691. The molecule has 2 aliphatic rings. The first-order valence-electron chi connectivity index (χ1n) is 6.79. The zero-order valence-electron chi connectivity index (χ0n) is 10.8. The van der Waals surface area contributed by atoms with Crippen molar-refractivity contribution >= 4 is 5.91 Å². The summed E-state index contributed by atoms with van der Waals surface area (Å²) in [5, 5.41) is 6.36. The van der Waals surface area contributed by atoms with E-state index >= 15 is 0 Å². The number of rotatable bonds is 4. The third-order valence-corrected chi connectivity index (χ3v) is 3.83. The Balaban J connectivity index is 1.66. The number of carbonyl (C=O) groups excluding carboxylic acids is 1. The summed E-state index contributed by atoms with van der Waals surface area (Å²) in [6.45, 7) is 5.67. The number of amides is 1. The molecule has 4 nitrogen and oxygen atoms in total. The van der Waals surface area contributed by atoms with Gasteiger partial charge in [-0.1, -0.05) is 0 Å². The van der Waals surface area contributed by atoms with Crippen LogP contribution in [0.15, 0.2) is 0 Å². The molecule has 0 bridgehead atoms. The van der Waals surface area contributed by atoms with E-state index in [1.165, 1.54) is 12.8 Å². The number of ether oxygens (including phenoxy) is 1. The maximum absolute atomic E-state index is 11.8. The zero-order valence-corrected chi connectivity index (χ0v) is 10.8. The van der Waals surface area contributed by atoms with Gasteiger partial charge >= 0.3 is 0 Å². The van der Waals surface area contributed by atoms with Crippen LogP contribution in [0.2, 0.25) is 0 Å². The van der Waals surface area contributed by atoms with Crippen LogP contribution >= 0.6 is 0 Å². The Bertz CT molecular complexity index is 256. The van der Waals surface area contributed by atoms with Crippen LogP contribution in [0.5, 0.6) is 0 Å². The Morgan fingerprint density at radius 2 is 2.41 bits per heavy atom. The molecule has 2 fully saturated rings. The highest BCUT2D eigenvalue weighted by molar-refractivity contribution is 5.76. The zero-order chi connectivity index (χ0) is 12.1. The second kappa shape index (κ2) is 5.83.